The Balaban J connectivity index is 0.00000129. The van der Waals surface area contributed by atoms with E-state index in [0.29, 0.717) is 22.7 Å². The number of fused-ring (bicyclic) bond motifs is 2. The van der Waals surface area contributed by atoms with Crippen molar-refractivity contribution in [2.75, 3.05) is 39.0 Å². The van der Waals surface area contributed by atoms with Gasteiger partial charge in [0.2, 0.25) is 5.95 Å². The number of carbonyl (C=O) groups is 1. The molecular weight excluding hydrogens is 542 g/mol. The summed E-state index contributed by atoms with van der Waals surface area (Å²) in [5.41, 5.74) is 3.09. The van der Waals surface area contributed by atoms with Gasteiger partial charge < -0.3 is 19.9 Å². The molecule has 0 saturated heterocycles. The number of nitrogens with one attached hydrogen (secondary N) is 1. The Hall–Kier alpha value is -4.03. The van der Waals surface area contributed by atoms with Crippen molar-refractivity contribution >= 4 is 29.3 Å². The number of halogens is 2. The van der Waals surface area contributed by atoms with E-state index in [1.54, 1.807) is 6.07 Å². The van der Waals surface area contributed by atoms with Gasteiger partial charge in [0, 0.05) is 48.9 Å². The Morgan fingerprint density at radius 3 is 2.52 bits per heavy atom. The van der Waals surface area contributed by atoms with Gasteiger partial charge in [-0.1, -0.05) is 6.07 Å². The number of hydrogen-bond donors (Lipinski definition) is 2. The summed E-state index contributed by atoms with van der Waals surface area (Å²) in [6.45, 7) is 12.8. The molecule has 5 rings (SSSR count). The lowest BCUT2D eigenvalue weighted by molar-refractivity contribution is -0.122. The van der Waals surface area contributed by atoms with Crippen LogP contribution in [0.3, 0.4) is 0 Å². The number of hydrogen-bond acceptors (Lipinski definition) is 8. The van der Waals surface area contributed by atoms with Crippen molar-refractivity contribution in [2.24, 2.45) is 0 Å². The third-order valence-electron chi connectivity index (χ3n) is 7.29. The van der Waals surface area contributed by atoms with Crippen LogP contribution in [0, 0.1) is 18.6 Å². The van der Waals surface area contributed by atoms with E-state index in [9.17, 15) is 4.39 Å². The molecule has 2 N–H and O–H groups in total. The zero-order valence-electron chi connectivity index (χ0n) is 25.1. The summed E-state index contributed by atoms with van der Waals surface area (Å²) in [6, 6.07) is 7.27. The number of aromatic nitrogens is 5. The van der Waals surface area contributed by atoms with Gasteiger partial charge in [-0.25, -0.2) is 28.7 Å². The summed E-state index contributed by atoms with van der Waals surface area (Å²) >= 11 is 0. The minimum absolute atomic E-state index is 0.00993. The third kappa shape index (κ3) is 6.55. The zero-order valence-corrected chi connectivity index (χ0v) is 25.1. The monoisotopic (exact) mass is 580 g/mol. The predicted molar refractivity (Wildman–Crippen MR) is 159 cm³/mol. The summed E-state index contributed by atoms with van der Waals surface area (Å²) in [7, 11) is 4.17. The third-order valence-corrected chi connectivity index (χ3v) is 7.29. The van der Waals surface area contributed by atoms with Crippen LogP contribution in [0.4, 0.5) is 20.5 Å². The molecule has 0 amide bonds. The van der Waals surface area contributed by atoms with Crippen molar-refractivity contribution in [2.45, 2.75) is 52.6 Å². The maximum atomic E-state index is 15.1. The van der Waals surface area contributed by atoms with Crippen LogP contribution in [-0.4, -0.2) is 79.6 Å². The van der Waals surface area contributed by atoms with E-state index in [1.165, 1.54) is 11.6 Å². The average Bonchev–Trinajstić information content (AvgIpc) is 3.26. The number of benzene rings is 1. The predicted octanol–water partition coefficient (Wildman–Crippen LogP) is 5.16. The van der Waals surface area contributed by atoms with Crippen molar-refractivity contribution in [3.63, 3.8) is 0 Å². The number of pyridine rings is 1. The molecule has 0 saturated carbocycles. The molecule has 0 bridgehead atoms. The van der Waals surface area contributed by atoms with Crippen LogP contribution in [0.1, 0.15) is 50.8 Å². The van der Waals surface area contributed by atoms with E-state index in [0.717, 1.165) is 37.9 Å². The molecule has 1 aliphatic rings. The molecule has 4 heterocycles. The van der Waals surface area contributed by atoms with Gasteiger partial charge in [-0.2, -0.15) is 0 Å². The second kappa shape index (κ2) is 12.5. The van der Waals surface area contributed by atoms with E-state index in [1.807, 2.05) is 38.3 Å². The van der Waals surface area contributed by atoms with Gasteiger partial charge in [0.15, 0.2) is 11.6 Å². The highest BCUT2D eigenvalue weighted by Gasteiger charge is 2.26. The lowest BCUT2D eigenvalue weighted by Crippen LogP contribution is -2.38. The van der Waals surface area contributed by atoms with E-state index in [-0.39, 0.29) is 35.2 Å². The molecular formula is C30H38F2N8O2. The van der Waals surface area contributed by atoms with Gasteiger partial charge in [-0.15, -0.1) is 0 Å². The Kier molecular flexibility index (Phi) is 9.17. The molecule has 0 radical (unpaired) electrons. The van der Waals surface area contributed by atoms with Crippen LogP contribution in [0.15, 0.2) is 30.5 Å². The molecule has 0 fully saturated rings. The molecule has 224 valence electrons. The molecule has 12 heteroatoms. The van der Waals surface area contributed by atoms with Crippen molar-refractivity contribution in [3.8, 4) is 11.3 Å². The second-order valence-corrected chi connectivity index (χ2v) is 11.6. The minimum atomic E-state index is -0.636. The molecule has 42 heavy (non-hydrogen) atoms. The lowest BCUT2D eigenvalue weighted by Gasteiger charge is -2.35. The Labute approximate surface area is 244 Å². The number of nitrogens with zero attached hydrogens (tertiary/aromatic N) is 7. The van der Waals surface area contributed by atoms with Gasteiger partial charge in [0.25, 0.3) is 6.47 Å². The summed E-state index contributed by atoms with van der Waals surface area (Å²) in [4.78, 5) is 30.8. The number of imidazole rings is 1. The Morgan fingerprint density at radius 1 is 1.14 bits per heavy atom. The first-order chi connectivity index (χ1) is 19.8. The first-order valence-electron chi connectivity index (χ1n) is 13.8. The van der Waals surface area contributed by atoms with Crippen molar-refractivity contribution in [1.29, 1.82) is 0 Å². The second-order valence-electron chi connectivity index (χ2n) is 11.6. The van der Waals surface area contributed by atoms with Crippen LogP contribution >= 0.6 is 0 Å². The summed E-state index contributed by atoms with van der Waals surface area (Å²) in [6.07, 6.45) is 1.94. The van der Waals surface area contributed by atoms with Crippen LogP contribution in [0.5, 0.6) is 0 Å². The van der Waals surface area contributed by atoms with Crippen LogP contribution in [0.2, 0.25) is 0 Å². The minimum Gasteiger partial charge on any atom is -0.483 e. The molecule has 0 spiro atoms. The molecule has 1 atom stereocenters. The highest BCUT2D eigenvalue weighted by molar-refractivity contribution is 5.83. The van der Waals surface area contributed by atoms with Gasteiger partial charge in [0.1, 0.15) is 22.9 Å². The number of likely N-dealkylation sites (N-methyl/N-ethyl adjacent to an activating group) is 1. The maximum absolute atomic E-state index is 15.1. The van der Waals surface area contributed by atoms with Crippen molar-refractivity contribution < 1.29 is 18.7 Å². The van der Waals surface area contributed by atoms with Crippen molar-refractivity contribution in [1.82, 2.24) is 34.3 Å². The molecule has 4 aromatic rings. The van der Waals surface area contributed by atoms with E-state index in [2.05, 4.69) is 57.2 Å². The van der Waals surface area contributed by atoms with Gasteiger partial charge in [0.05, 0.1) is 11.7 Å². The molecule has 0 unspecified atom stereocenters. The number of rotatable bonds is 6. The topological polar surface area (TPSA) is 112 Å². The summed E-state index contributed by atoms with van der Waals surface area (Å²) in [5.74, 6) is 0.307. The quantitative estimate of drug-likeness (QED) is 0.299. The first kappa shape index (κ1) is 30.9. The fraction of sp³-hybridized carbons (Fsp3) is 0.433. The molecule has 0 aliphatic carbocycles. The van der Waals surface area contributed by atoms with Gasteiger partial charge in [-0.3, -0.25) is 9.69 Å². The van der Waals surface area contributed by atoms with E-state index < -0.39 is 11.6 Å². The lowest BCUT2D eigenvalue weighted by atomic mass is 9.98. The smallest absolute Gasteiger partial charge is 0.290 e. The number of carboxylic acid groups (broad SMARTS) is 1. The first-order valence-corrected chi connectivity index (χ1v) is 13.8. The fourth-order valence-corrected chi connectivity index (χ4v) is 5.42. The van der Waals surface area contributed by atoms with E-state index >= 15 is 4.39 Å². The molecule has 3 aromatic heterocycles. The average molecular weight is 581 g/mol. The Bertz CT molecular complexity index is 1580. The largest absolute Gasteiger partial charge is 0.483 e. The number of aryl methyl sites for hydroxylation is 1. The zero-order chi connectivity index (χ0) is 30.8. The Morgan fingerprint density at radius 2 is 1.86 bits per heavy atom. The highest BCUT2D eigenvalue weighted by atomic mass is 19.1. The molecule has 1 aromatic carbocycles. The maximum Gasteiger partial charge on any atom is 0.290 e. The molecule has 10 nitrogen and oxygen atoms in total. The summed E-state index contributed by atoms with van der Waals surface area (Å²) in [5, 5.41) is 10.0. The SMILES string of the molecule is Cc1nc2c(F)cc(-c3nc(Nc4ccc5c(n4)CCN(CCN(C)C)[C@H]5C)ncc3F)cc2n1C(C)(C)C.O=CO. The van der Waals surface area contributed by atoms with Crippen molar-refractivity contribution in [3.05, 3.63) is 59.2 Å². The van der Waals surface area contributed by atoms with Gasteiger partial charge in [-0.05, 0) is 72.5 Å². The van der Waals surface area contributed by atoms with Crippen LogP contribution < -0.4 is 5.32 Å². The van der Waals surface area contributed by atoms with Gasteiger partial charge >= 0.3 is 0 Å². The fourth-order valence-electron chi connectivity index (χ4n) is 5.42. The highest BCUT2D eigenvalue weighted by Crippen LogP contribution is 2.33. The standard InChI is InChI=1S/C29H36F2N8.CH2O2/c1-17-20-8-9-25(34-23(20)10-11-38(17)13-12-37(6)7)35-28-32-16-22(31)26(36-28)19-14-21(30)27-24(15-19)39(18(2)33-27)29(3,4)5;2-1-3/h8-9,14-17H,10-13H2,1-7H3,(H,32,34,35,36);1H,(H,2,3)/t17-;/m0./s1. The van der Waals surface area contributed by atoms with E-state index in [4.69, 9.17) is 14.9 Å². The normalized spacial score (nSPS) is 15.3. The number of anilines is 2. The van der Waals surface area contributed by atoms with Crippen LogP contribution in [0.25, 0.3) is 22.3 Å². The summed E-state index contributed by atoms with van der Waals surface area (Å²) < 4.78 is 32.0. The molecule has 1 aliphatic heterocycles. The van der Waals surface area contributed by atoms with Crippen LogP contribution in [-0.2, 0) is 16.8 Å².